The molecule has 2 amide bonds. The Bertz CT molecular complexity index is 1130. The fraction of sp³-hybridized carbons (Fsp3) is 0.483. The SMILES string of the molecule is NCCN(CCN)C(=O)C[C@H](N)C(=O)N[C@@H](CCc1ccccc1)C(=O)CCc1cc(Cl)c2c(c1)OCCCO2. The van der Waals surface area contributed by atoms with Crippen molar-refractivity contribution in [2.45, 2.75) is 50.6 Å². The number of nitrogens with zero attached hydrogens (tertiary/aromatic N) is 1. The molecule has 2 aromatic rings. The van der Waals surface area contributed by atoms with Crippen LogP contribution in [0.2, 0.25) is 5.02 Å². The number of ketones is 1. The van der Waals surface area contributed by atoms with Crippen LogP contribution >= 0.6 is 11.6 Å². The quantitative estimate of drug-likeness (QED) is 0.249. The smallest absolute Gasteiger partial charge is 0.238 e. The van der Waals surface area contributed by atoms with Gasteiger partial charge in [-0.15, -0.1) is 0 Å². The predicted octanol–water partition coefficient (Wildman–Crippen LogP) is 1.58. The summed E-state index contributed by atoms with van der Waals surface area (Å²) in [5, 5.41) is 3.23. The third kappa shape index (κ3) is 9.48. The number of carbonyl (C=O) groups excluding carboxylic acids is 3. The third-order valence-electron chi connectivity index (χ3n) is 6.67. The van der Waals surface area contributed by atoms with Crippen molar-refractivity contribution in [1.82, 2.24) is 10.2 Å². The van der Waals surface area contributed by atoms with Gasteiger partial charge in [0.15, 0.2) is 17.3 Å². The van der Waals surface area contributed by atoms with E-state index in [1.165, 1.54) is 4.90 Å². The van der Waals surface area contributed by atoms with Gasteiger partial charge in [-0.05, 0) is 42.5 Å². The molecule has 0 fully saturated rings. The van der Waals surface area contributed by atoms with Crippen LogP contribution in [0.4, 0.5) is 0 Å². The number of benzene rings is 2. The minimum Gasteiger partial charge on any atom is -0.489 e. The zero-order valence-electron chi connectivity index (χ0n) is 22.8. The summed E-state index contributed by atoms with van der Waals surface area (Å²) in [4.78, 5) is 40.5. The number of carbonyl (C=O) groups is 3. The summed E-state index contributed by atoms with van der Waals surface area (Å²) >= 11 is 6.42. The van der Waals surface area contributed by atoms with Crippen molar-refractivity contribution in [1.29, 1.82) is 0 Å². The lowest BCUT2D eigenvalue weighted by molar-refractivity contribution is -0.135. The van der Waals surface area contributed by atoms with E-state index in [9.17, 15) is 14.4 Å². The molecule has 40 heavy (non-hydrogen) atoms. The van der Waals surface area contributed by atoms with E-state index in [-0.39, 0.29) is 37.6 Å². The van der Waals surface area contributed by atoms with Crippen molar-refractivity contribution >= 4 is 29.2 Å². The first-order chi connectivity index (χ1) is 19.3. The lowest BCUT2D eigenvalue weighted by Crippen LogP contribution is -2.51. The van der Waals surface area contributed by atoms with E-state index in [4.69, 9.17) is 38.3 Å². The molecule has 2 atom stereocenters. The van der Waals surface area contributed by atoms with E-state index in [0.29, 0.717) is 62.1 Å². The maximum absolute atomic E-state index is 13.4. The Morgan fingerprint density at radius 1 is 0.975 bits per heavy atom. The van der Waals surface area contributed by atoms with Gasteiger partial charge in [-0.3, -0.25) is 14.4 Å². The Morgan fingerprint density at radius 3 is 2.38 bits per heavy atom. The van der Waals surface area contributed by atoms with E-state index in [2.05, 4.69) is 5.32 Å². The Kier molecular flexibility index (Phi) is 12.7. The molecule has 2 aromatic carbocycles. The van der Waals surface area contributed by atoms with Gasteiger partial charge in [-0.25, -0.2) is 0 Å². The molecule has 7 N–H and O–H groups in total. The van der Waals surface area contributed by atoms with Crippen molar-refractivity contribution in [3.63, 3.8) is 0 Å². The summed E-state index contributed by atoms with van der Waals surface area (Å²) < 4.78 is 11.4. The summed E-state index contributed by atoms with van der Waals surface area (Å²) in [7, 11) is 0. The number of hydrogen-bond acceptors (Lipinski definition) is 8. The Morgan fingerprint density at radius 2 is 1.68 bits per heavy atom. The minimum absolute atomic E-state index is 0.140. The zero-order valence-corrected chi connectivity index (χ0v) is 23.5. The van der Waals surface area contributed by atoms with Crippen LogP contribution in [0.15, 0.2) is 42.5 Å². The van der Waals surface area contributed by atoms with Crippen LogP contribution in [-0.4, -0.2) is 74.0 Å². The number of fused-ring (bicyclic) bond motifs is 1. The second-order valence-electron chi connectivity index (χ2n) is 9.78. The van der Waals surface area contributed by atoms with Crippen molar-refractivity contribution in [3.8, 4) is 11.5 Å². The van der Waals surface area contributed by atoms with Gasteiger partial charge in [0.25, 0.3) is 0 Å². The van der Waals surface area contributed by atoms with Crippen molar-refractivity contribution in [3.05, 3.63) is 58.6 Å². The number of ether oxygens (including phenoxy) is 2. The number of amides is 2. The molecule has 0 radical (unpaired) electrons. The molecule has 0 aliphatic carbocycles. The van der Waals surface area contributed by atoms with Crippen LogP contribution in [0.25, 0.3) is 0 Å². The third-order valence-corrected chi connectivity index (χ3v) is 6.95. The Hall–Kier alpha value is -3.18. The molecule has 0 spiro atoms. The number of rotatable bonds is 15. The molecule has 0 aromatic heterocycles. The molecule has 218 valence electrons. The summed E-state index contributed by atoms with van der Waals surface area (Å²) in [5.74, 6) is 0.0763. The lowest BCUT2D eigenvalue weighted by atomic mass is 9.97. The molecular formula is C29H40ClN5O5. The van der Waals surface area contributed by atoms with E-state index < -0.39 is 18.0 Å². The molecule has 1 heterocycles. The highest BCUT2D eigenvalue weighted by Crippen LogP contribution is 2.38. The highest BCUT2D eigenvalue weighted by molar-refractivity contribution is 6.32. The van der Waals surface area contributed by atoms with Crippen molar-refractivity contribution in [2.75, 3.05) is 39.4 Å². The van der Waals surface area contributed by atoms with E-state index in [0.717, 1.165) is 17.5 Å². The summed E-state index contributed by atoms with van der Waals surface area (Å²) in [5.41, 5.74) is 19.1. The van der Waals surface area contributed by atoms with Gasteiger partial charge in [0.05, 0.1) is 36.7 Å². The van der Waals surface area contributed by atoms with Crippen LogP contribution in [0.3, 0.4) is 0 Å². The number of aryl methyl sites for hydroxylation is 2. The number of Topliss-reactive ketones (excluding diaryl/α,β-unsaturated/α-hetero) is 1. The molecule has 0 bridgehead atoms. The normalized spacial score (nSPS) is 14.1. The van der Waals surface area contributed by atoms with Gasteiger partial charge < -0.3 is 36.9 Å². The minimum atomic E-state index is -1.11. The Labute approximate surface area is 240 Å². The maximum atomic E-state index is 13.4. The van der Waals surface area contributed by atoms with Crippen molar-refractivity contribution < 1.29 is 23.9 Å². The first kappa shape index (κ1) is 31.3. The maximum Gasteiger partial charge on any atom is 0.238 e. The highest BCUT2D eigenvalue weighted by atomic mass is 35.5. The first-order valence-corrected chi connectivity index (χ1v) is 14.1. The molecule has 0 unspecified atom stereocenters. The second kappa shape index (κ2) is 16.2. The van der Waals surface area contributed by atoms with E-state index in [1.807, 2.05) is 36.4 Å². The van der Waals surface area contributed by atoms with Gasteiger partial charge in [0, 0.05) is 39.0 Å². The number of hydrogen-bond donors (Lipinski definition) is 4. The lowest BCUT2D eigenvalue weighted by Gasteiger charge is -2.24. The molecule has 1 aliphatic heterocycles. The molecule has 11 heteroatoms. The monoisotopic (exact) mass is 573 g/mol. The fourth-order valence-corrected chi connectivity index (χ4v) is 4.79. The first-order valence-electron chi connectivity index (χ1n) is 13.7. The van der Waals surface area contributed by atoms with Gasteiger partial charge in [0.1, 0.15) is 0 Å². The topological polar surface area (TPSA) is 163 Å². The molecular weight excluding hydrogens is 534 g/mol. The van der Waals surface area contributed by atoms with Gasteiger partial charge in [0.2, 0.25) is 11.8 Å². The predicted molar refractivity (Wildman–Crippen MR) is 154 cm³/mol. The second-order valence-corrected chi connectivity index (χ2v) is 10.2. The largest absolute Gasteiger partial charge is 0.489 e. The average Bonchev–Trinajstić information content (AvgIpc) is 3.20. The van der Waals surface area contributed by atoms with Gasteiger partial charge >= 0.3 is 0 Å². The standard InChI is InChI=1S/C29H40ClN5O5/c30-22-17-21(18-26-28(22)40-16-4-15-39-26)8-10-25(36)24(9-7-20-5-2-1-3-6-20)34-29(38)23(33)19-27(37)35(13-11-31)14-12-32/h1-3,5-6,17-18,23-24H,4,7-16,19,31-33H2,(H,34,38)/t23-,24-/m0/s1. The van der Waals surface area contributed by atoms with E-state index in [1.54, 1.807) is 6.07 Å². The molecule has 10 nitrogen and oxygen atoms in total. The number of halogens is 1. The summed E-state index contributed by atoms with van der Waals surface area (Å²) in [6.45, 7) is 2.26. The van der Waals surface area contributed by atoms with Gasteiger partial charge in [-0.2, -0.15) is 0 Å². The summed E-state index contributed by atoms with van der Waals surface area (Å²) in [6.07, 6.45) is 2.11. The number of nitrogens with two attached hydrogens (primary N) is 3. The van der Waals surface area contributed by atoms with Crippen LogP contribution < -0.4 is 32.0 Å². The molecule has 1 aliphatic rings. The summed E-state index contributed by atoms with van der Waals surface area (Å²) in [6, 6.07) is 11.4. The highest BCUT2D eigenvalue weighted by Gasteiger charge is 2.26. The fourth-order valence-electron chi connectivity index (χ4n) is 4.50. The average molecular weight is 574 g/mol. The molecule has 0 saturated heterocycles. The van der Waals surface area contributed by atoms with Crippen LogP contribution in [0, 0.1) is 0 Å². The van der Waals surface area contributed by atoms with E-state index >= 15 is 0 Å². The molecule has 0 saturated carbocycles. The van der Waals surface area contributed by atoms with Crippen molar-refractivity contribution in [2.24, 2.45) is 17.2 Å². The Balaban J connectivity index is 1.66. The zero-order chi connectivity index (χ0) is 28.9. The van der Waals surface area contributed by atoms with Gasteiger partial charge in [-0.1, -0.05) is 41.9 Å². The molecule has 3 rings (SSSR count). The number of nitrogens with one attached hydrogen (secondary N) is 1. The van der Waals surface area contributed by atoms with Crippen LogP contribution in [-0.2, 0) is 27.2 Å². The van der Waals surface area contributed by atoms with Crippen LogP contribution in [0.5, 0.6) is 11.5 Å². The van der Waals surface area contributed by atoms with Crippen LogP contribution in [0.1, 0.15) is 36.8 Å².